The number of nitrogens with two attached hydrogens (primary N) is 1. The zero-order chi connectivity index (χ0) is 23.5. The summed E-state index contributed by atoms with van der Waals surface area (Å²) >= 11 is 0. The highest BCUT2D eigenvalue weighted by atomic mass is 16.2. The summed E-state index contributed by atoms with van der Waals surface area (Å²) in [5, 5.41) is 3.11. The van der Waals surface area contributed by atoms with Crippen LogP contribution in [0, 0.1) is 5.92 Å². The van der Waals surface area contributed by atoms with Crippen LogP contribution in [0.15, 0.2) is 78.9 Å². The maximum Gasteiger partial charge on any atom is 0.252 e. The van der Waals surface area contributed by atoms with Gasteiger partial charge in [0.05, 0.1) is 11.7 Å². The lowest BCUT2D eigenvalue weighted by atomic mass is 9.82. The summed E-state index contributed by atoms with van der Waals surface area (Å²) in [6, 6.07) is 22.6. The molecule has 1 aliphatic rings. The molecule has 2 amide bonds. The largest absolute Gasteiger partial charge is 0.398 e. The standard InChI is InChI=1S/C28H29N3O2/c1-4-18(2)27-23(19-11-5-6-14-22(19)28(33)30-27)17-26(32)31(3)25-16-10-8-13-21(25)20-12-7-9-15-24(20)29/h5-18,27H,4,29H2,1-3H3,(H,30,33)/b23-17-/t18-,27?/m0/s1. The van der Waals surface area contributed by atoms with Crippen LogP contribution in [-0.2, 0) is 4.79 Å². The highest BCUT2D eigenvalue weighted by Gasteiger charge is 2.32. The summed E-state index contributed by atoms with van der Waals surface area (Å²) in [6.07, 6.45) is 2.55. The fourth-order valence-electron chi connectivity index (χ4n) is 4.33. The van der Waals surface area contributed by atoms with E-state index in [9.17, 15) is 9.59 Å². The van der Waals surface area contributed by atoms with Gasteiger partial charge in [-0.25, -0.2) is 0 Å². The lowest BCUT2D eigenvalue weighted by Gasteiger charge is -2.33. The third-order valence-electron chi connectivity index (χ3n) is 6.44. The van der Waals surface area contributed by atoms with Crippen LogP contribution in [0.3, 0.4) is 0 Å². The quantitative estimate of drug-likeness (QED) is 0.427. The summed E-state index contributed by atoms with van der Waals surface area (Å²) in [6.45, 7) is 4.18. The molecular formula is C28H29N3O2. The molecule has 1 aliphatic heterocycles. The minimum absolute atomic E-state index is 0.0984. The molecule has 0 saturated heterocycles. The van der Waals surface area contributed by atoms with Crippen molar-refractivity contribution in [1.82, 2.24) is 5.32 Å². The van der Waals surface area contributed by atoms with Crippen molar-refractivity contribution in [2.45, 2.75) is 26.3 Å². The van der Waals surface area contributed by atoms with Crippen molar-refractivity contribution in [1.29, 1.82) is 0 Å². The molecule has 3 aromatic carbocycles. The second-order valence-corrected chi connectivity index (χ2v) is 8.48. The van der Waals surface area contributed by atoms with Crippen molar-refractivity contribution < 1.29 is 9.59 Å². The van der Waals surface area contributed by atoms with Gasteiger partial charge in [0.2, 0.25) is 0 Å². The Morgan fingerprint density at radius 1 is 0.970 bits per heavy atom. The van der Waals surface area contributed by atoms with Gasteiger partial charge in [0.1, 0.15) is 0 Å². The van der Waals surface area contributed by atoms with E-state index in [4.69, 9.17) is 5.73 Å². The number of hydrogen-bond acceptors (Lipinski definition) is 3. The number of fused-ring (bicyclic) bond motifs is 1. The second kappa shape index (κ2) is 9.33. The Morgan fingerprint density at radius 2 is 1.55 bits per heavy atom. The zero-order valence-corrected chi connectivity index (χ0v) is 19.2. The monoisotopic (exact) mass is 439 g/mol. The van der Waals surface area contributed by atoms with Gasteiger partial charge in [-0.2, -0.15) is 0 Å². The number of amides is 2. The topological polar surface area (TPSA) is 75.4 Å². The van der Waals surface area contributed by atoms with Crippen LogP contribution >= 0.6 is 0 Å². The summed E-state index contributed by atoms with van der Waals surface area (Å²) in [4.78, 5) is 27.9. The number of benzene rings is 3. The Hall–Kier alpha value is -3.86. The van der Waals surface area contributed by atoms with Crippen LogP contribution in [0.2, 0.25) is 0 Å². The predicted molar refractivity (Wildman–Crippen MR) is 135 cm³/mol. The van der Waals surface area contributed by atoms with Crippen molar-refractivity contribution in [3.63, 3.8) is 0 Å². The Morgan fingerprint density at radius 3 is 2.21 bits per heavy atom. The van der Waals surface area contributed by atoms with Crippen LogP contribution in [0.25, 0.3) is 16.7 Å². The van der Waals surface area contributed by atoms with E-state index >= 15 is 0 Å². The van der Waals surface area contributed by atoms with Gasteiger partial charge in [-0.3, -0.25) is 9.59 Å². The molecule has 0 spiro atoms. The number of hydrogen-bond donors (Lipinski definition) is 2. The normalized spacial score (nSPS) is 17.2. The zero-order valence-electron chi connectivity index (χ0n) is 19.2. The van der Waals surface area contributed by atoms with Gasteiger partial charge in [0.25, 0.3) is 11.8 Å². The van der Waals surface area contributed by atoms with E-state index in [1.807, 2.05) is 66.7 Å². The molecule has 0 bridgehead atoms. The number of nitrogens with zero attached hydrogens (tertiary/aromatic N) is 1. The Labute approximate surface area is 194 Å². The lowest BCUT2D eigenvalue weighted by molar-refractivity contribution is -0.113. The number of nitrogens with one attached hydrogen (secondary N) is 1. The smallest absolute Gasteiger partial charge is 0.252 e. The molecule has 0 aliphatic carbocycles. The number of para-hydroxylation sites is 2. The highest BCUT2D eigenvalue weighted by Crippen LogP contribution is 2.35. The van der Waals surface area contributed by atoms with Gasteiger partial charge in [0.15, 0.2) is 0 Å². The molecular weight excluding hydrogens is 410 g/mol. The molecule has 2 atom stereocenters. The average Bonchev–Trinajstić information content (AvgIpc) is 2.85. The van der Waals surface area contributed by atoms with E-state index in [0.717, 1.165) is 34.4 Å². The van der Waals surface area contributed by atoms with Gasteiger partial charge in [-0.1, -0.05) is 74.9 Å². The average molecular weight is 440 g/mol. The minimum atomic E-state index is -0.227. The van der Waals surface area contributed by atoms with Crippen LogP contribution in [-0.4, -0.2) is 24.9 Å². The molecule has 1 heterocycles. The first-order valence-corrected chi connectivity index (χ1v) is 11.3. The molecule has 168 valence electrons. The lowest BCUT2D eigenvalue weighted by Crippen LogP contribution is -2.44. The minimum Gasteiger partial charge on any atom is -0.398 e. The van der Waals surface area contributed by atoms with Gasteiger partial charge < -0.3 is 16.0 Å². The van der Waals surface area contributed by atoms with Gasteiger partial charge in [0, 0.05) is 35.5 Å². The molecule has 3 aromatic rings. The fourth-order valence-corrected chi connectivity index (χ4v) is 4.33. The molecule has 0 saturated carbocycles. The molecule has 0 aromatic heterocycles. The Kier molecular flexibility index (Phi) is 6.31. The third kappa shape index (κ3) is 4.27. The van der Waals surface area contributed by atoms with Crippen LogP contribution in [0.4, 0.5) is 11.4 Å². The SMILES string of the molecule is CC[C@H](C)C1NC(=O)c2ccccc2/C1=C/C(=O)N(C)c1ccccc1-c1ccccc1N. The number of rotatable bonds is 5. The first-order valence-electron chi connectivity index (χ1n) is 11.3. The van der Waals surface area contributed by atoms with Crippen molar-refractivity contribution in [2.75, 3.05) is 17.7 Å². The molecule has 5 nitrogen and oxygen atoms in total. The maximum absolute atomic E-state index is 13.5. The van der Waals surface area contributed by atoms with Crippen molar-refractivity contribution in [3.8, 4) is 11.1 Å². The van der Waals surface area contributed by atoms with Gasteiger partial charge in [-0.15, -0.1) is 0 Å². The summed E-state index contributed by atoms with van der Waals surface area (Å²) in [5.74, 6) is -0.0759. The number of anilines is 2. The molecule has 3 N–H and O–H groups in total. The van der Waals surface area contributed by atoms with Crippen molar-refractivity contribution in [3.05, 3.63) is 90.0 Å². The molecule has 5 heteroatoms. The van der Waals surface area contributed by atoms with Crippen LogP contribution in [0.5, 0.6) is 0 Å². The van der Waals surface area contributed by atoms with E-state index in [0.29, 0.717) is 11.3 Å². The number of carbonyl (C=O) groups is 2. The fraction of sp³-hybridized carbons (Fsp3) is 0.214. The van der Waals surface area contributed by atoms with E-state index in [2.05, 4.69) is 19.2 Å². The van der Waals surface area contributed by atoms with Crippen molar-refractivity contribution in [2.24, 2.45) is 5.92 Å². The summed E-state index contributed by atoms with van der Waals surface area (Å²) < 4.78 is 0. The number of carbonyl (C=O) groups excluding carboxylic acids is 2. The first-order chi connectivity index (χ1) is 15.9. The molecule has 4 rings (SSSR count). The molecule has 33 heavy (non-hydrogen) atoms. The van der Waals surface area contributed by atoms with E-state index in [1.165, 1.54) is 0 Å². The number of nitrogen functional groups attached to an aromatic ring is 1. The van der Waals surface area contributed by atoms with Gasteiger partial charge >= 0.3 is 0 Å². The maximum atomic E-state index is 13.5. The Balaban J connectivity index is 1.77. The first kappa shape index (κ1) is 22.3. The van der Waals surface area contributed by atoms with E-state index in [-0.39, 0.29) is 23.8 Å². The highest BCUT2D eigenvalue weighted by molar-refractivity contribution is 6.11. The molecule has 0 fully saturated rings. The van der Waals surface area contributed by atoms with Crippen LogP contribution in [0.1, 0.15) is 36.2 Å². The Bertz CT molecular complexity index is 1230. The third-order valence-corrected chi connectivity index (χ3v) is 6.44. The molecule has 1 unspecified atom stereocenters. The van der Waals surface area contributed by atoms with Crippen LogP contribution < -0.4 is 16.0 Å². The number of likely N-dealkylation sites (N-methyl/N-ethyl adjacent to an activating group) is 1. The molecule has 0 radical (unpaired) electrons. The van der Waals surface area contributed by atoms with Gasteiger partial charge in [-0.05, 0) is 35.3 Å². The van der Waals surface area contributed by atoms with E-state index in [1.54, 1.807) is 24.1 Å². The summed E-state index contributed by atoms with van der Waals surface area (Å²) in [5.41, 5.74) is 11.7. The van der Waals surface area contributed by atoms with Crippen molar-refractivity contribution >= 4 is 28.8 Å². The summed E-state index contributed by atoms with van der Waals surface area (Å²) in [7, 11) is 1.77. The predicted octanol–water partition coefficient (Wildman–Crippen LogP) is 5.14. The second-order valence-electron chi connectivity index (χ2n) is 8.48. The van der Waals surface area contributed by atoms with E-state index < -0.39 is 0 Å².